The highest BCUT2D eigenvalue weighted by atomic mass is 32.1. The molecular formula is C20H24N2O3S. The molecule has 0 spiro atoms. The molecule has 0 bridgehead atoms. The number of rotatable bonds is 8. The second kappa shape index (κ2) is 8.67. The lowest BCUT2D eigenvalue weighted by atomic mass is 10.1. The van der Waals surface area contributed by atoms with Gasteiger partial charge >= 0.3 is 5.97 Å². The molecule has 0 fully saturated rings. The smallest absolute Gasteiger partial charge is 0.347 e. The summed E-state index contributed by atoms with van der Waals surface area (Å²) in [6.07, 6.45) is 5.57. The molecule has 0 amide bonds. The average molecular weight is 372 g/mol. The fraction of sp³-hybridized carbons (Fsp3) is 0.300. The number of hydrogen-bond acceptors (Lipinski definition) is 5. The Morgan fingerprint density at radius 2 is 2.04 bits per heavy atom. The number of anilines is 1. The van der Waals surface area contributed by atoms with Crippen molar-refractivity contribution >= 4 is 34.2 Å². The van der Waals surface area contributed by atoms with Crippen molar-refractivity contribution in [2.24, 2.45) is 5.92 Å². The fourth-order valence-corrected chi connectivity index (χ4v) is 2.85. The molecule has 1 aromatic heterocycles. The molecule has 26 heavy (non-hydrogen) atoms. The summed E-state index contributed by atoms with van der Waals surface area (Å²) in [6, 6.07) is 5.91. The zero-order valence-corrected chi connectivity index (χ0v) is 16.3. The van der Waals surface area contributed by atoms with E-state index in [1.807, 2.05) is 32.0 Å². The van der Waals surface area contributed by atoms with Crippen LogP contribution >= 0.6 is 11.3 Å². The van der Waals surface area contributed by atoms with Crippen LogP contribution < -0.4 is 10.1 Å². The summed E-state index contributed by atoms with van der Waals surface area (Å²) in [5, 5.41) is 12.6. The number of carboxylic acid groups (broad SMARTS) is 1. The van der Waals surface area contributed by atoms with Crippen molar-refractivity contribution in [1.82, 2.24) is 4.98 Å². The second-order valence-electron chi connectivity index (χ2n) is 6.50. The molecule has 2 rings (SSSR count). The maximum Gasteiger partial charge on any atom is 0.347 e. The van der Waals surface area contributed by atoms with Crippen LogP contribution in [0.1, 0.15) is 48.5 Å². The molecule has 0 aliphatic carbocycles. The standard InChI is InChI=1S/C20H24N2O3S/c1-12(2)6-7-15-8-16(10-17(9-15)25-13(3)4)14(5)22-20-21-11-18(26-20)19(23)24/h6-13H,5H2,1-4H3,(H,21,22)(H,23,24)/b7-6-. The second-order valence-corrected chi connectivity index (χ2v) is 7.53. The Hall–Kier alpha value is -2.60. The molecule has 0 unspecified atom stereocenters. The van der Waals surface area contributed by atoms with Crippen LogP contribution in [-0.2, 0) is 0 Å². The van der Waals surface area contributed by atoms with Gasteiger partial charge in [0.1, 0.15) is 10.6 Å². The fourth-order valence-electron chi connectivity index (χ4n) is 2.17. The highest BCUT2D eigenvalue weighted by molar-refractivity contribution is 7.17. The minimum absolute atomic E-state index is 0.0606. The minimum atomic E-state index is -0.991. The number of aromatic carboxylic acids is 1. The van der Waals surface area contributed by atoms with Gasteiger partial charge in [-0.25, -0.2) is 9.78 Å². The van der Waals surface area contributed by atoms with E-state index in [0.717, 1.165) is 28.2 Å². The largest absolute Gasteiger partial charge is 0.491 e. The van der Waals surface area contributed by atoms with E-state index < -0.39 is 5.97 Å². The Morgan fingerprint density at radius 1 is 1.31 bits per heavy atom. The zero-order chi connectivity index (χ0) is 19.3. The van der Waals surface area contributed by atoms with E-state index in [2.05, 4.69) is 42.9 Å². The molecule has 5 nitrogen and oxygen atoms in total. The lowest BCUT2D eigenvalue weighted by Crippen LogP contribution is -2.06. The van der Waals surface area contributed by atoms with Gasteiger partial charge in [-0.2, -0.15) is 0 Å². The van der Waals surface area contributed by atoms with E-state index >= 15 is 0 Å². The molecule has 1 aromatic carbocycles. The summed E-state index contributed by atoms with van der Waals surface area (Å²) < 4.78 is 5.84. The summed E-state index contributed by atoms with van der Waals surface area (Å²) in [6.45, 7) is 12.3. The highest BCUT2D eigenvalue weighted by Crippen LogP contribution is 2.27. The molecule has 2 N–H and O–H groups in total. The molecule has 2 aromatic rings. The number of allylic oxidation sites excluding steroid dienone is 1. The molecule has 0 saturated heterocycles. The number of hydrogen-bond donors (Lipinski definition) is 2. The van der Waals surface area contributed by atoms with Crippen LogP contribution in [0.4, 0.5) is 5.13 Å². The van der Waals surface area contributed by atoms with Gasteiger partial charge in [0, 0.05) is 11.3 Å². The molecule has 6 heteroatoms. The monoisotopic (exact) mass is 372 g/mol. The van der Waals surface area contributed by atoms with Crippen LogP contribution in [0.25, 0.3) is 11.8 Å². The highest BCUT2D eigenvalue weighted by Gasteiger charge is 2.11. The van der Waals surface area contributed by atoms with Gasteiger partial charge in [0.05, 0.1) is 12.3 Å². The molecule has 0 aliphatic heterocycles. The van der Waals surface area contributed by atoms with Crippen LogP contribution in [0.3, 0.4) is 0 Å². The van der Waals surface area contributed by atoms with Crippen LogP contribution in [0.5, 0.6) is 5.75 Å². The van der Waals surface area contributed by atoms with Crippen molar-refractivity contribution in [3.05, 3.63) is 53.1 Å². The third-order valence-corrected chi connectivity index (χ3v) is 4.20. The van der Waals surface area contributed by atoms with Gasteiger partial charge in [-0.1, -0.05) is 43.9 Å². The Morgan fingerprint density at radius 3 is 2.62 bits per heavy atom. The number of carboxylic acids is 1. The van der Waals surface area contributed by atoms with E-state index in [4.69, 9.17) is 9.84 Å². The number of aromatic nitrogens is 1. The SMILES string of the molecule is C=C(Nc1ncc(C(=O)O)s1)c1cc(/C=C\C(C)C)cc(OC(C)C)c1. The summed E-state index contributed by atoms with van der Waals surface area (Å²) in [5.74, 6) is 0.211. The first-order valence-electron chi connectivity index (χ1n) is 8.40. The summed E-state index contributed by atoms with van der Waals surface area (Å²) in [7, 11) is 0. The molecule has 0 radical (unpaired) electrons. The van der Waals surface area contributed by atoms with Gasteiger partial charge in [-0.05, 0) is 43.5 Å². The first kappa shape index (κ1) is 19.7. The number of benzene rings is 1. The maximum atomic E-state index is 11.0. The molecule has 0 aliphatic rings. The molecule has 138 valence electrons. The Labute approximate surface area is 158 Å². The van der Waals surface area contributed by atoms with Crippen molar-refractivity contribution in [3.8, 4) is 5.75 Å². The maximum absolute atomic E-state index is 11.0. The lowest BCUT2D eigenvalue weighted by molar-refractivity contribution is 0.0702. The number of nitrogens with zero attached hydrogens (tertiary/aromatic N) is 1. The van der Waals surface area contributed by atoms with E-state index in [0.29, 0.717) is 16.7 Å². The van der Waals surface area contributed by atoms with Crippen molar-refractivity contribution in [2.75, 3.05) is 5.32 Å². The zero-order valence-electron chi connectivity index (χ0n) is 15.4. The summed E-state index contributed by atoms with van der Waals surface area (Å²) in [5.41, 5.74) is 2.50. The van der Waals surface area contributed by atoms with Crippen molar-refractivity contribution in [2.45, 2.75) is 33.8 Å². The number of nitrogens with one attached hydrogen (secondary N) is 1. The number of ether oxygens (including phenoxy) is 1. The van der Waals surface area contributed by atoms with Crippen molar-refractivity contribution in [3.63, 3.8) is 0 Å². The number of thiazole rings is 1. The van der Waals surface area contributed by atoms with Gasteiger partial charge in [0.15, 0.2) is 5.13 Å². The quantitative estimate of drug-likeness (QED) is 0.651. The average Bonchev–Trinajstić information content (AvgIpc) is 3.01. The Kier molecular flexibility index (Phi) is 6.58. The topological polar surface area (TPSA) is 71.5 Å². The minimum Gasteiger partial charge on any atom is -0.491 e. The molecule has 1 heterocycles. The van der Waals surface area contributed by atoms with E-state index in [9.17, 15) is 4.79 Å². The number of carbonyl (C=O) groups is 1. The first-order valence-corrected chi connectivity index (χ1v) is 9.21. The third-order valence-electron chi connectivity index (χ3n) is 3.30. The Balaban J connectivity index is 2.28. The normalized spacial score (nSPS) is 11.3. The summed E-state index contributed by atoms with van der Waals surface area (Å²) >= 11 is 1.07. The van der Waals surface area contributed by atoms with Crippen LogP contribution in [-0.4, -0.2) is 22.2 Å². The molecule has 0 saturated carbocycles. The van der Waals surface area contributed by atoms with Crippen LogP contribution in [0.15, 0.2) is 37.1 Å². The van der Waals surface area contributed by atoms with Gasteiger partial charge < -0.3 is 15.2 Å². The predicted molar refractivity (Wildman–Crippen MR) is 108 cm³/mol. The van der Waals surface area contributed by atoms with E-state index in [-0.39, 0.29) is 11.0 Å². The van der Waals surface area contributed by atoms with Crippen molar-refractivity contribution in [1.29, 1.82) is 0 Å². The summed E-state index contributed by atoms with van der Waals surface area (Å²) in [4.78, 5) is 15.2. The molecule has 0 atom stereocenters. The van der Waals surface area contributed by atoms with Gasteiger partial charge in [0.25, 0.3) is 0 Å². The van der Waals surface area contributed by atoms with Crippen LogP contribution in [0, 0.1) is 5.92 Å². The lowest BCUT2D eigenvalue weighted by Gasteiger charge is -2.14. The first-order chi connectivity index (χ1) is 12.2. The predicted octanol–water partition coefficient (Wildman–Crippen LogP) is 5.38. The van der Waals surface area contributed by atoms with Gasteiger partial charge in [-0.3, -0.25) is 0 Å². The van der Waals surface area contributed by atoms with Gasteiger partial charge in [-0.15, -0.1) is 0 Å². The third kappa shape index (κ3) is 5.74. The van der Waals surface area contributed by atoms with Crippen molar-refractivity contribution < 1.29 is 14.6 Å². The van der Waals surface area contributed by atoms with Crippen LogP contribution in [0.2, 0.25) is 0 Å². The van der Waals surface area contributed by atoms with E-state index in [1.165, 1.54) is 6.20 Å². The Bertz CT molecular complexity index is 822. The van der Waals surface area contributed by atoms with Gasteiger partial charge in [0.2, 0.25) is 0 Å². The molecular weight excluding hydrogens is 348 g/mol. The van der Waals surface area contributed by atoms with E-state index in [1.54, 1.807) is 0 Å².